The monoisotopic (exact) mass is 128 g/mol. The molecule has 0 aromatic heterocycles. The minimum atomic E-state index is 0.755. The molecule has 54 valence electrons. The van der Waals surface area contributed by atoms with Crippen LogP contribution in [0.5, 0.6) is 0 Å². The summed E-state index contributed by atoms with van der Waals surface area (Å²) in [5.74, 6) is 0.819. The summed E-state index contributed by atoms with van der Waals surface area (Å²) in [7, 11) is 2.12. The Hall–Kier alpha value is -0.0800. The van der Waals surface area contributed by atoms with Crippen LogP contribution >= 0.6 is 0 Å². The fraction of sp³-hybridized carbons (Fsp3) is 1.00. The zero-order valence-corrected chi connectivity index (χ0v) is 6.52. The number of rotatable bonds is 1. The minimum absolute atomic E-state index is 0.755. The highest BCUT2D eigenvalue weighted by Crippen LogP contribution is 2.15. The van der Waals surface area contributed by atoms with Gasteiger partial charge in [-0.05, 0) is 12.3 Å². The summed E-state index contributed by atoms with van der Waals surface area (Å²) >= 11 is 0. The quantitative estimate of drug-likeness (QED) is 0.563. The van der Waals surface area contributed by atoms with Crippen LogP contribution in [-0.4, -0.2) is 24.6 Å². The summed E-state index contributed by atoms with van der Waals surface area (Å²) in [6.45, 7) is 5.68. The molecule has 0 radical (unpaired) electrons. The van der Waals surface area contributed by atoms with Crippen LogP contribution in [0.3, 0.4) is 0 Å². The Balaban J connectivity index is 2.44. The van der Waals surface area contributed by atoms with E-state index in [1.54, 1.807) is 0 Å². The topological polar surface area (TPSA) is 15.3 Å². The molecule has 0 aromatic carbocycles. The van der Waals surface area contributed by atoms with E-state index < -0.39 is 0 Å². The van der Waals surface area contributed by atoms with Crippen LogP contribution in [0.25, 0.3) is 0 Å². The van der Waals surface area contributed by atoms with Crippen LogP contribution in [0.4, 0.5) is 0 Å². The summed E-state index contributed by atoms with van der Waals surface area (Å²) in [6, 6.07) is 0.755. The van der Waals surface area contributed by atoms with Gasteiger partial charge in [-0.2, -0.15) is 0 Å². The van der Waals surface area contributed by atoms with Crippen molar-refractivity contribution in [3.05, 3.63) is 0 Å². The van der Waals surface area contributed by atoms with Crippen molar-refractivity contribution in [2.45, 2.75) is 26.3 Å². The first-order chi connectivity index (χ1) is 4.25. The molecule has 0 bridgehead atoms. The molecule has 2 atom stereocenters. The molecule has 0 aliphatic carbocycles. The third-order valence-corrected chi connectivity index (χ3v) is 2.24. The summed E-state index contributed by atoms with van der Waals surface area (Å²) in [5.41, 5.74) is 3.30. The second kappa shape index (κ2) is 2.67. The van der Waals surface area contributed by atoms with Crippen molar-refractivity contribution in [2.75, 3.05) is 13.6 Å². The van der Waals surface area contributed by atoms with Gasteiger partial charge < -0.3 is 0 Å². The maximum Gasteiger partial charge on any atom is 0.0276 e. The minimum Gasteiger partial charge on any atom is -0.255 e. The van der Waals surface area contributed by atoms with E-state index in [4.69, 9.17) is 0 Å². The SMILES string of the molecule is CCC1C(C)CNN1C. The van der Waals surface area contributed by atoms with E-state index in [2.05, 4.69) is 31.3 Å². The smallest absolute Gasteiger partial charge is 0.0276 e. The molecule has 1 aliphatic heterocycles. The molecule has 1 aliphatic rings. The van der Waals surface area contributed by atoms with Gasteiger partial charge in [-0.1, -0.05) is 13.8 Å². The fourth-order valence-electron chi connectivity index (χ4n) is 1.60. The molecule has 2 nitrogen and oxygen atoms in total. The van der Waals surface area contributed by atoms with Crippen LogP contribution in [0.1, 0.15) is 20.3 Å². The van der Waals surface area contributed by atoms with Crippen molar-refractivity contribution in [1.82, 2.24) is 10.4 Å². The van der Waals surface area contributed by atoms with Crippen molar-refractivity contribution in [2.24, 2.45) is 5.92 Å². The Kier molecular flexibility index (Phi) is 2.09. The Morgan fingerprint density at radius 1 is 1.67 bits per heavy atom. The molecule has 0 aromatic rings. The van der Waals surface area contributed by atoms with Crippen LogP contribution in [0.15, 0.2) is 0 Å². The van der Waals surface area contributed by atoms with Crippen molar-refractivity contribution < 1.29 is 0 Å². The molecule has 1 saturated heterocycles. The van der Waals surface area contributed by atoms with Gasteiger partial charge in [-0.15, -0.1) is 0 Å². The molecular formula is C7H16N2. The van der Waals surface area contributed by atoms with E-state index in [-0.39, 0.29) is 0 Å². The first-order valence-corrected chi connectivity index (χ1v) is 3.72. The second-order valence-corrected chi connectivity index (χ2v) is 2.93. The second-order valence-electron chi connectivity index (χ2n) is 2.93. The molecule has 9 heavy (non-hydrogen) atoms. The van der Waals surface area contributed by atoms with Gasteiger partial charge in [0.05, 0.1) is 0 Å². The van der Waals surface area contributed by atoms with Gasteiger partial charge in [0, 0.05) is 19.6 Å². The molecular weight excluding hydrogens is 112 g/mol. The zero-order chi connectivity index (χ0) is 6.85. The highest BCUT2D eigenvalue weighted by molar-refractivity contribution is 4.78. The van der Waals surface area contributed by atoms with Gasteiger partial charge in [0.2, 0.25) is 0 Å². The molecule has 1 heterocycles. The lowest BCUT2D eigenvalue weighted by atomic mass is 10.0. The predicted molar refractivity (Wildman–Crippen MR) is 39.0 cm³/mol. The van der Waals surface area contributed by atoms with Gasteiger partial charge in [0.25, 0.3) is 0 Å². The average Bonchev–Trinajstić information content (AvgIpc) is 2.12. The first-order valence-electron chi connectivity index (χ1n) is 3.72. The third-order valence-electron chi connectivity index (χ3n) is 2.24. The normalized spacial score (nSPS) is 37.7. The Morgan fingerprint density at radius 2 is 2.33 bits per heavy atom. The molecule has 1 fully saturated rings. The third kappa shape index (κ3) is 1.25. The van der Waals surface area contributed by atoms with Crippen LogP contribution in [-0.2, 0) is 0 Å². The van der Waals surface area contributed by atoms with Crippen molar-refractivity contribution >= 4 is 0 Å². The van der Waals surface area contributed by atoms with Crippen molar-refractivity contribution in [3.63, 3.8) is 0 Å². The van der Waals surface area contributed by atoms with E-state index in [1.807, 2.05) is 0 Å². The number of hydrogen-bond acceptors (Lipinski definition) is 2. The van der Waals surface area contributed by atoms with Crippen molar-refractivity contribution in [3.8, 4) is 0 Å². The maximum absolute atomic E-state index is 3.30. The Labute approximate surface area is 57.2 Å². The molecule has 2 heteroatoms. The lowest BCUT2D eigenvalue weighted by molar-refractivity contribution is 0.217. The molecule has 2 unspecified atom stereocenters. The number of hydrogen-bond donors (Lipinski definition) is 1. The molecule has 0 amide bonds. The summed E-state index contributed by atoms with van der Waals surface area (Å²) in [5, 5.41) is 2.23. The fourth-order valence-corrected chi connectivity index (χ4v) is 1.60. The Morgan fingerprint density at radius 3 is 2.56 bits per heavy atom. The van der Waals surface area contributed by atoms with Gasteiger partial charge in [0.15, 0.2) is 0 Å². The van der Waals surface area contributed by atoms with Gasteiger partial charge in [0.1, 0.15) is 0 Å². The van der Waals surface area contributed by atoms with E-state index in [0.29, 0.717) is 0 Å². The zero-order valence-electron chi connectivity index (χ0n) is 6.52. The van der Waals surface area contributed by atoms with Gasteiger partial charge in [-0.25, -0.2) is 5.01 Å². The highest BCUT2D eigenvalue weighted by Gasteiger charge is 2.25. The first kappa shape index (κ1) is 7.03. The van der Waals surface area contributed by atoms with E-state index in [9.17, 15) is 0 Å². The summed E-state index contributed by atoms with van der Waals surface area (Å²) < 4.78 is 0. The highest BCUT2D eigenvalue weighted by atomic mass is 15.5. The van der Waals surface area contributed by atoms with Gasteiger partial charge >= 0.3 is 0 Å². The summed E-state index contributed by atoms with van der Waals surface area (Å²) in [6.07, 6.45) is 1.25. The molecule has 0 spiro atoms. The van der Waals surface area contributed by atoms with E-state index in [1.165, 1.54) is 6.42 Å². The number of hydrazine groups is 1. The number of nitrogens with one attached hydrogen (secondary N) is 1. The largest absolute Gasteiger partial charge is 0.255 e. The van der Waals surface area contributed by atoms with Crippen LogP contribution < -0.4 is 5.43 Å². The van der Waals surface area contributed by atoms with Gasteiger partial charge in [-0.3, -0.25) is 5.43 Å². The standard InChI is InChI=1S/C7H16N2/c1-4-7-6(2)5-8-9(7)3/h6-8H,4-5H2,1-3H3. The summed E-state index contributed by atoms with van der Waals surface area (Å²) in [4.78, 5) is 0. The van der Waals surface area contributed by atoms with Crippen LogP contribution in [0, 0.1) is 5.92 Å². The number of nitrogens with zero attached hydrogens (tertiary/aromatic N) is 1. The lowest BCUT2D eigenvalue weighted by Gasteiger charge is -2.19. The van der Waals surface area contributed by atoms with E-state index in [0.717, 1.165) is 18.5 Å². The molecule has 0 saturated carbocycles. The average molecular weight is 128 g/mol. The lowest BCUT2D eigenvalue weighted by Crippen LogP contribution is -2.33. The van der Waals surface area contributed by atoms with Crippen LogP contribution in [0.2, 0.25) is 0 Å². The van der Waals surface area contributed by atoms with Crippen molar-refractivity contribution in [1.29, 1.82) is 0 Å². The molecule has 1 rings (SSSR count). The molecule has 1 N–H and O–H groups in total. The Bertz CT molecular complexity index is 82.9. The predicted octanol–water partition coefficient (Wildman–Crippen LogP) is 0.851. The maximum atomic E-state index is 3.30. The van der Waals surface area contributed by atoms with E-state index >= 15 is 0 Å².